The summed E-state index contributed by atoms with van der Waals surface area (Å²) in [4.78, 5) is 41.5. The molecule has 0 aromatic heterocycles. The minimum atomic E-state index is -0.537. The fraction of sp³-hybridized carbons (Fsp3) is 0.912. The van der Waals surface area contributed by atoms with Gasteiger partial charge in [0.15, 0.2) is 0 Å². The molecule has 2 heterocycles. The SMILES string of the molecule is CC(COCCOCCOCCN=[N+]=[N-])(COCCOCCOCCN=[N+]=[N-])COCC(=O)NCCCCCNC(=O)CCCC[C@H]1SC[C@H]2NC(=O)N[C@H]21. The second-order valence-corrected chi connectivity index (χ2v) is 14.7. The Morgan fingerprint density at radius 1 is 0.727 bits per heavy atom. The van der Waals surface area contributed by atoms with Gasteiger partial charge >= 0.3 is 6.03 Å². The summed E-state index contributed by atoms with van der Waals surface area (Å²) in [6.45, 7) is 8.07. The number of rotatable bonds is 37. The van der Waals surface area contributed by atoms with Crippen LogP contribution in [-0.4, -0.2) is 160 Å². The van der Waals surface area contributed by atoms with E-state index in [0.717, 1.165) is 44.3 Å². The van der Waals surface area contributed by atoms with Crippen molar-refractivity contribution in [2.24, 2.45) is 15.6 Å². The number of nitrogens with zero attached hydrogens (tertiary/aromatic N) is 6. The predicted octanol–water partition coefficient (Wildman–Crippen LogP) is 2.86. The molecule has 4 N–H and O–H groups in total. The van der Waals surface area contributed by atoms with Crippen molar-refractivity contribution in [3.63, 3.8) is 0 Å². The molecule has 21 heteroatoms. The van der Waals surface area contributed by atoms with Gasteiger partial charge in [-0.05, 0) is 43.2 Å². The first-order valence-electron chi connectivity index (χ1n) is 19.1. The van der Waals surface area contributed by atoms with Crippen LogP contribution in [0.3, 0.4) is 0 Å². The van der Waals surface area contributed by atoms with E-state index in [2.05, 4.69) is 41.3 Å². The summed E-state index contributed by atoms with van der Waals surface area (Å²) >= 11 is 1.89. The number of azide groups is 2. The first-order valence-corrected chi connectivity index (χ1v) is 20.2. The van der Waals surface area contributed by atoms with Crippen molar-refractivity contribution < 1.29 is 47.5 Å². The smallest absolute Gasteiger partial charge is 0.315 e. The largest absolute Gasteiger partial charge is 0.379 e. The first-order chi connectivity index (χ1) is 26.9. The Hall–Kier alpha value is -3.10. The number of fused-ring (bicyclic) bond motifs is 1. The third-order valence-electron chi connectivity index (χ3n) is 8.45. The van der Waals surface area contributed by atoms with Gasteiger partial charge in [-0.1, -0.05) is 23.6 Å². The molecule has 0 bridgehead atoms. The van der Waals surface area contributed by atoms with Gasteiger partial charge in [-0.2, -0.15) is 11.8 Å². The molecule has 2 aliphatic heterocycles. The Morgan fingerprint density at radius 3 is 1.84 bits per heavy atom. The number of hydrogen-bond donors (Lipinski definition) is 4. The summed E-state index contributed by atoms with van der Waals surface area (Å²) < 4.78 is 39.1. The number of thioether (sulfide) groups is 1. The number of ether oxygens (including phenoxy) is 7. The Labute approximate surface area is 328 Å². The Bertz CT molecular complexity index is 1130. The van der Waals surface area contributed by atoms with Crippen LogP contribution >= 0.6 is 11.8 Å². The molecule has 2 fully saturated rings. The third-order valence-corrected chi connectivity index (χ3v) is 9.96. The van der Waals surface area contributed by atoms with Crippen LogP contribution in [0, 0.1) is 5.41 Å². The van der Waals surface area contributed by atoms with Gasteiger partial charge in [0.2, 0.25) is 11.8 Å². The Balaban J connectivity index is 1.52. The van der Waals surface area contributed by atoms with E-state index in [9.17, 15) is 14.4 Å². The lowest BCUT2D eigenvalue weighted by molar-refractivity contribution is -0.129. The number of hydrogen-bond acceptors (Lipinski definition) is 13. The van der Waals surface area contributed by atoms with Crippen molar-refractivity contribution in [3.8, 4) is 0 Å². The average Bonchev–Trinajstić information content (AvgIpc) is 3.73. The fourth-order valence-electron chi connectivity index (χ4n) is 5.63. The van der Waals surface area contributed by atoms with Crippen LogP contribution in [0.2, 0.25) is 0 Å². The molecule has 0 aliphatic carbocycles. The fourth-order valence-corrected chi connectivity index (χ4v) is 7.17. The van der Waals surface area contributed by atoms with Crippen molar-refractivity contribution in [1.82, 2.24) is 21.3 Å². The van der Waals surface area contributed by atoms with E-state index in [1.54, 1.807) is 0 Å². The number of urea groups is 1. The van der Waals surface area contributed by atoms with Crippen LogP contribution in [0.5, 0.6) is 0 Å². The van der Waals surface area contributed by atoms with Crippen molar-refractivity contribution in [3.05, 3.63) is 20.9 Å². The number of nitrogens with one attached hydrogen (secondary N) is 4. The van der Waals surface area contributed by atoms with Gasteiger partial charge in [0, 0.05) is 58.8 Å². The molecule has 0 spiro atoms. The zero-order valence-electron chi connectivity index (χ0n) is 32.3. The molecule has 2 aliphatic rings. The lowest BCUT2D eigenvalue weighted by Crippen LogP contribution is -2.37. The van der Waals surface area contributed by atoms with E-state index in [-0.39, 0.29) is 56.2 Å². The molecule has 3 atom stereocenters. The van der Waals surface area contributed by atoms with Crippen molar-refractivity contribution in [2.75, 3.05) is 124 Å². The number of amides is 4. The highest BCUT2D eigenvalue weighted by Crippen LogP contribution is 2.33. The quantitative estimate of drug-likeness (QED) is 0.0233. The predicted molar refractivity (Wildman–Crippen MR) is 206 cm³/mol. The van der Waals surface area contributed by atoms with E-state index >= 15 is 0 Å². The van der Waals surface area contributed by atoms with Crippen LogP contribution in [0.25, 0.3) is 20.9 Å². The van der Waals surface area contributed by atoms with Gasteiger partial charge in [-0.15, -0.1) is 0 Å². The average molecular weight is 803 g/mol. The third kappa shape index (κ3) is 24.9. The number of carbonyl (C=O) groups excluding carboxylic acids is 3. The van der Waals surface area contributed by atoms with Crippen molar-refractivity contribution in [1.29, 1.82) is 0 Å². The van der Waals surface area contributed by atoms with E-state index in [4.69, 9.17) is 44.2 Å². The molecule has 0 radical (unpaired) electrons. The minimum Gasteiger partial charge on any atom is -0.379 e. The van der Waals surface area contributed by atoms with Crippen LogP contribution < -0.4 is 21.3 Å². The molecular weight excluding hydrogens is 741 g/mol. The molecule has 0 aromatic rings. The summed E-state index contributed by atoms with van der Waals surface area (Å²) in [7, 11) is 0. The highest BCUT2D eigenvalue weighted by molar-refractivity contribution is 8.00. The Kier molecular flexibility index (Phi) is 28.0. The molecule has 0 aromatic carbocycles. The van der Waals surface area contributed by atoms with Crippen LogP contribution in [0.1, 0.15) is 51.9 Å². The van der Waals surface area contributed by atoms with Crippen molar-refractivity contribution >= 4 is 29.6 Å². The maximum absolute atomic E-state index is 12.4. The number of carbonyl (C=O) groups is 3. The van der Waals surface area contributed by atoms with Crippen LogP contribution in [0.4, 0.5) is 4.79 Å². The highest BCUT2D eigenvalue weighted by atomic mass is 32.2. The monoisotopic (exact) mass is 802 g/mol. The van der Waals surface area contributed by atoms with E-state index in [1.807, 2.05) is 18.7 Å². The van der Waals surface area contributed by atoms with E-state index in [0.29, 0.717) is 104 Å². The van der Waals surface area contributed by atoms with Gasteiger partial charge in [-0.3, -0.25) is 9.59 Å². The van der Waals surface area contributed by atoms with Crippen molar-refractivity contribution in [2.45, 2.75) is 69.2 Å². The molecular formula is C34H62N10O10S. The summed E-state index contributed by atoms with van der Waals surface area (Å²) in [5.41, 5.74) is 16.0. The van der Waals surface area contributed by atoms with Gasteiger partial charge in [0.25, 0.3) is 0 Å². The normalized spacial score (nSPS) is 18.3. The Morgan fingerprint density at radius 2 is 1.25 bits per heavy atom. The lowest BCUT2D eigenvalue weighted by Gasteiger charge is -2.29. The zero-order valence-corrected chi connectivity index (χ0v) is 33.1. The second kappa shape index (κ2) is 32.0. The molecule has 20 nitrogen and oxygen atoms in total. The van der Waals surface area contributed by atoms with Gasteiger partial charge < -0.3 is 54.4 Å². The van der Waals surface area contributed by atoms with Gasteiger partial charge in [0.1, 0.15) is 6.61 Å². The van der Waals surface area contributed by atoms with Crippen LogP contribution in [-0.2, 0) is 42.7 Å². The zero-order chi connectivity index (χ0) is 39.7. The molecule has 2 rings (SSSR count). The summed E-state index contributed by atoms with van der Waals surface area (Å²) in [5.74, 6) is 0.797. The topological polar surface area (TPSA) is 261 Å². The van der Waals surface area contributed by atoms with E-state index < -0.39 is 5.41 Å². The lowest BCUT2D eigenvalue weighted by atomic mass is 9.94. The molecule has 2 saturated heterocycles. The molecule has 55 heavy (non-hydrogen) atoms. The molecule has 0 unspecified atom stereocenters. The summed E-state index contributed by atoms with van der Waals surface area (Å²) in [6, 6.07) is 0.356. The standard InChI is InChI=1S/C34H62N10O10S/c1-34(25-52-21-19-50-17-15-48-13-11-39-43-35,26-53-22-20-51-18-16-49-14-12-40-44-36)27-54-23-31(46)38-10-6-2-5-9-37-30(45)8-4-3-7-29-32-28(24-55-29)41-33(47)42-32/h28-29,32H,2-27H2,1H3,(H,37,45)(H,38,46)(H2,41,42,47)/t28-,29-,32-/m1/s1. The second-order valence-electron chi connectivity index (χ2n) is 13.4. The van der Waals surface area contributed by atoms with Gasteiger partial charge in [0.05, 0.1) is 98.0 Å². The van der Waals surface area contributed by atoms with E-state index in [1.165, 1.54) is 0 Å². The first kappa shape index (κ1) is 48.0. The van der Waals surface area contributed by atoms with Gasteiger partial charge in [-0.25, -0.2) is 4.79 Å². The number of unbranched alkanes of at least 4 members (excludes halogenated alkanes) is 3. The molecule has 0 saturated carbocycles. The molecule has 314 valence electrons. The maximum atomic E-state index is 12.4. The summed E-state index contributed by atoms with van der Waals surface area (Å²) in [6.07, 6.45) is 5.79. The maximum Gasteiger partial charge on any atom is 0.315 e. The molecule has 4 amide bonds. The minimum absolute atomic E-state index is 0.0614. The summed E-state index contributed by atoms with van der Waals surface area (Å²) in [5, 5.41) is 19.0. The highest BCUT2D eigenvalue weighted by Gasteiger charge is 2.42. The van der Waals surface area contributed by atoms with Crippen LogP contribution in [0.15, 0.2) is 10.2 Å².